The van der Waals surface area contributed by atoms with Crippen molar-refractivity contribution in [3.8, 4) is 0 Å². The molecule has 0 atom stereocenters. The monoisotopic (exact) mass is 73.1 g/mol. The van der Waals surface area contributed by atoms with Gasteiger partial charge < -0.3 is 0 Å². The van der Waals surface area contributed by atoms with Crippen molar-refractivity contribution in [1.29, 1.82) is 0 Å². The zero-order valence-corrected chi connectivity index (χ0v) is 3.44. The molecule has 0 aromatic rings. The van der Waals surface area contributed by atoms with Crippen LogP contribution in [0.4, 0.5) is 0 Å². The summed E-state index contributed by atoms with van der Waals surface area (Å²) in [6.07, 6.45) is 0. The van der Waals surface area contributed by atoms with Crippen molar-refractivity contribution in [2.75, 3.05) is 13.7 Å². The van der Waals surface area contributed by atoms with E-state index in [1.807, 2.05) is 7.05 Å². The second kappa shape index (κ2) is 1.91. The Bertz CT molecular complexity index is 40.2. The molecule has 0 heterocycles. The van der Waals surface area contributed by atoms with Crippen LogP contribution in [0.15, 0.2) is 0 Å². The molecule has 0 bridgehead atoms. The highest BCUT2D eigenvalue weighted by Crippen LogP contribution is 1.41. The Kier molecular flexibility index (Phi) is 1.76. The Morgan fingerprint density at radius 2 is 2.20 bits per heavy atom. The van der Waals surface area contributed by atoms with E-state index in [1.54, 1.807) is 4.58 Å². The zero-order valence-electron chi connectivity index (χ0n) is 3.44. The standard InChI is InChI=1S/C3H9N2/c1-5(2)3-4/h1,3-4H2,2H3/q+1. The maximum absolute atomic E-state index is 5.03. The van der Waals surface area contributed by atoms with Crippen LogP contribution in [0.5, 0.6) is 0 Å². The summed E-state index contributed by atoms with van der Waals surface area (Å²) < 4.78 is 1.65. The van der Waals surface area contributed by atoms with E-state index in [0.717, 1.165) is 0 Å². The van der Waals surface area contributed by atoms with E-state index in [0.29, 0.717) is 6.67 Å². The van der Waals surface area contributed by atoms with Crippen molar-refractivity contribution in [3.05, 3.63) is 0 Å². The molecule has 0 spiro atoms. The molecule has 2 N–H and O–H groups in total. The Hall–Kier alpha value is -0.370. The molecule has 0 aromatic heterocycles. The maximum atomic E-state index is 5.03. The molecule has 30 valence electrons. The van der Waals surface area contributed by atoms with Crippen LogP contribution in [0.2, 0.25) is 0 Å². The van der Waals surface area contributed by atoms with Crippen LogP contribution < -0.4 is 5.73 Å². The minimum absolute atomic E-state index is 0.528. The van der Waals surface area contributed by atoms with Gasteiger partial charge in [0, 0.05) is 0 Å². The van der Waals surface area contributed by atoms with Gasteiger partial charge in [0.25, 0.3) is 0 Å². The Balaban J connectivity index is 2.85. The van der Waals surface area contributed by atoms with Crippen molar-refractivity contribution in [2.45, 2.75) is 0 Å². The van der Waals surface area contributed by atoms with Crippen LogP contribution in [-0.4, -0.2) is 25.0 Å². The van der Waals surface area contributed by atoms with Gasteiger partial charge in [0.2, 0.25) is 0 Å². The predicted octanol–water partition coefficient (Wildman–Crippen LogP) is -0.754. The summed E-state index contributed by atoms with van der Waals surface area (Å²) in [6, 6.07) is 0. The van der Waals surface area contributed by atoms with E-state index in [9.17, 15) is 0 Å². The van der Waals surface area contributed by atoms with Crippen LogP contribution in [-0.2, 0) is 0 Å². The molecule has 0 aliphatic rings. The van der Waals surface area contributed by atoms with Crippen LogP contribution in [0, 0.1) is 0 Å². The lowest BCUT2D eigenvalue weighted by molar-refractivity contribution is -0.487. The topological polar surface area (TPSA) is 29.0 Å². The van der Waals surface area contributed by atoms with E-state index < -0.39 is 0 Å². The molecule has 5 heavy (non-hydrogen) atoms. The lowest BCUT2D eigenvalue weighted by Crippen LogP contribution is -2.12. The summed E-state index contributed by atoms with van der Waals surface area (Å²) in [5, 5.41) is 0. The quantitative estimate of drug-likeness (QED) is 0.247. The van der Waals surface area contributed by atoms with Gasteiger partial charge in [-0.2, -0.15) is 0 Å². The maximum Gasteiger partial charge on any atom is 0.193 e. The molecule has 0 aromatic carbocycles. The van der Waals surface area contributed by atoms with E-state index in [4.69, 9.17) is 5.73 Å². The van der Waals surface area contributed by atoms with Crippen molar-refractivity contribution < 1.29 is 4.58 Å². The third-order valence-corrected chi connectivity index (χ3v) is 0.312. The first-order valence-corrected chi connectivity index (χ1v) is 1.49. The van der Waals surface area contributed by atoms with E-state index >= 15 is 0 Å². The first-order chi connectivity index (χ1) is 2.27. The van der Waals surface area contributed by atoms with Crippen molar-refractivity contribution >= 4 is 6.72 Å². The molecule has 0 saturated carbocycles. The molecule has 0 aliphatic carbocycles. The minimum atomic E-state index is 0.528. The number of nitrogens with two attached hydrogens (primary N) is 1. The van der Waals surface area contributed by atoms with Crippen LogP contribution in [0.1, 0.15) is 0 Å². The van der Waals surface area contributed by atoms with E-state index in [-0.39, 0.29) is 0 Å². The fourth-order valence-corrected chi connectivity index (χ4v) is 0. The molecule has 0 radical (unpaired) electrons. The number of hydrogen-bond acceptors (Lipinski definition) is 1. The van der Waals surface area contributed by atoms with Gasteiger partial charge in [-0.25, -0.2) is 4.58 Å². The molecule has 0 amide bonds. The van der Waals surface area contributed by atoms with E-state index in [1.165, 1.54) is 0 Å². The summed E-state index contributed by atoms with van der Waals surface area (Å²) in [5.74, 6) is 0. The van der Waals surface area contributed by atoms with Gasteiger partial charge in [-0.1, -0.05) is 0 Å². The molecule has 0 fully saturated rings. The van der Waals surface area contributed by atoms with Crippen LogP contribution >= 0.6 is 0 Å². The predicted molar refractivity (Wildman–Crippen MR) is 22.4 cm³/mol. The highest BCUT2D eigenvalue weighted by atomic mass is 15.0. The molecule has 2 heteroatoms. The highest BCUT2D eigenvalue weighted by molar-refractivity contribution is 5.13. The minimum Gasteiger partial charge on any atom is -0.276 e. The van der Waals surface area contributed by atoms with Gasteiger partial charge in [0.15, 0.2) is 6.67 Å². The van der Waals surface area contributed by atoms with Crippen LogP contribution in [0.25, 0.3) is 0 Å². The molecule has 0 rings (SSSR count). The Labute approximate surface area is 31.9 Å². The number of nitrogens with zero attached hydrogens (tertiary/aromatic N) is 1. The number of hydrogen-bond donors (Lipinski definition) is 1. The third-order valence-electron chi connectivity index (χ3n) is 0.312. The van der Waals surface area contributed by atoms with Gasteiger partial charge in [-0.3, -0.25) is 5.73 Å². The van der Waals surface area contributed by atoms with Gasteiger partial charge in [-0.15, -0.1) is 0 Å². The Morgan fingerprint density at radius 1 is 2.00 bits per heavy atom. The summed E-state index contributed by atoms with van der Waals surface area (Å²) >= 11 is 0. The first-order valence-electron chi connectivity index (χ1n) is 1.49. The molecule has 0 aliphatic heterocycles. The molecular weight excluding hydrogens is 64.0 g/mol. The second-order valence-electron chi connectivity index (χ2n) is 1.04. The van der Waals surface area contributed by atoms with Gasteiger partial charge in [0.1, 0.15) is 13.8 Å². The third kappa shape index (κ3) is 3.63. The summed E-state index contributed by atoms with van der Waals surface area (Å²) in [4.78, 5) is 0. The smallest absolute Gasteiger partial charge is 0.193 e. The van der Waals surface area contributed by atoms with Crippen molar-refractivity contribution in [2.24, 2.45) is 5.73 Å². The van der Waals surface area contributed by atoms with E-state index in [2.05, 4.69) is 6.72 Å². The van der Waals surface area contributed by atoms with Gasteiger partial charge >= 0.3 is 0 Å². The SMILES string of the molecule is C=[N+](C)CN. The molecule has 0 saturated heterocycles. The first kappa shape index (κ1) is 4.63. The highest BCUT2D eigenvalue weighted by Gasteiger charge is 1.71. The average molecular weight is 73.1 g/mol. The normalized spacial score (nSPS) is 7.60. The second-order valence-corrected chi connectivity index (χ2v) is 1.04. The Morgan fingerprint density at radius 3 is 2.20 bits per heavy atom. The van der Waals surface area contributed by atoms with Gasteiger partial charge in [-0.05, 0) is 0 Å². The average Bonchev–Trinajstić information content (AvgIpc) is 1.38. The molecule has 2 nitrogen and oxygen atoms in total. The summed E-state index contributed by atoms with van der Waals surface area (Å²) in [5.41, 5.74) is 5.03. The number of rotatable bonds is 1. The fraction of sp³-hybridized carbons (Fsp3) is 0.667. The lowest BCUT2D eigenvalue weighted by atomic mass is 11.0. The molecule has 0 unspecified atom stereocenters. The van der Waals surface area contributed by atoms with Crippen molar-refractivity contribution in [3.63, 3.8) is 0 Å². The van der Waals surface area contributed by atoms with Crippen LogP contribution in [0.3, 0.4) is 0 Å². The largest absolute Gasteiger partial charge is 0.276 e. The molecular formula is C3H9N2+. The fourth-order valence-electron chi connectivity index (χ4n) is 0. The van der Waals surface area contributed by atoms with Gasteiger partial charge in [0.05, 0.1) is 0 Å². The lowest BCUT2D eigenvalue weighted by Gasteiger charge is -1.78. The zero-order chi connectivity index (χ0) is 4.28. The van der Waals surface area contributed by atoms with Crippen molar-refractivity contribution in [1.82, 2.24) is 0 Å². The summed E-state index contributed by atoms with van der Waals surface area (Å²) in [6.45, 7) is 3.99. The summed E-state index contributed by atoms with van der Waals surface area (Å²) in [7, 11) is 1.82.